The molecule has 0 aliphatic carbocycles. The van der Waals surface area contributed by atoms with Gasteiger partial charge in [-0.1, -0.05) is 37.6 Å². The van der Waals surface area contributed by atoms with Gasteiger partial charge in [0.15, 0.2) is 6.10 Å². The maximum atomic E-state index is 12.6. The Kier molecular flexibility index (Phi) is 7.41. The first-order valence-electron chi connectivity index (χ1n) is 9.35. The number of amides is 2. The number of carbonyl (C=O) groups excluding carboxylic acids is 2. The van der Waals surface area contributed by atoms with Crippen molar-refractivity contribution in [2.75, 3.05) is 11.9 Å². The van der Waals surface area contributed by atoms with Crippen LogP contribution in [0.4, 0.5) is 5.69 Å². The predicted molar refractivity (Wildman–Crippen MR) is 108 cm³/mol. The molecule has 2 N–H and O–H groups in total. The number of para-hydroxylation sites is 1. The van der Waals surface area contributed by atoms with E-state index < -0.39 is 6.10 Å². The summed E-state index contributed by atoms with van der Waals surface area (Å²) in [6, 6.07) is 12.7. The van der Waals surface area contributed by atoms with Crippen molar-refractivity contribution in [3.05, 3.63) is 59.2 Å². The smallest absolute Gasteiger partial charge is 0.265 e. The largest absolute Gasteiger partial charge is 0.481 e. The van der Waals surface area contributed by atoms with Crippen LogP contribution in [0, 0.1) is 13.8 Å². The van der Waals surface area contributed by atoms with Crippen LogP contribution in [-0.2, 0) is 4.79 Å². The first kappa shape index (κ1) is 20.5. The Morgan fingerprint density at radius 1 is 1.07 bits per heavy atom. The molecule has 0 heterocycles. The number of ether oxygens (including phenoxy) is 1. The molecule has 144 valence electrons. The third kappa shape index (κ3) is 5.58. The minimum Gasteiger partial charge on any atom is -0.481 e. The van der Waals surface area contributed by atoms with Crippen molar-refractivity contribution in [3.63, 3.8) is 0 Å². The lowest BCUT2D eigenvalue weighted by Crippen LogP contribution is -2.32. The standard InChI is InChI=1S/C22H28N2O3/c1-5-6-14-23-22(26)18-11-7-8-12-19(18)24-21(25)17(4)27-20-13-9-10-15(2)16(20)3/h7-13,17H,5-6,14H2,1-4H3,(H,23,26)(H,24,25). The monoisotopic (exact) mass is 368 g/mol. The summed E-state index contributed by atoms with van der Waals surface area (Å²) in [5.74, 6) is 0.190. The number of nitrogens with one attached hydrogen (secondary N) is 2. The topological polar surface area (TPSA) is 67.4 Å². The van der Waals surface area contributed by atoms with Crippen molar-refractivity contribution < 1.29 is 14.3 Å². The van der Waals surface area contributed by atoms with Gasteiger partial charge in [-0.25, -0.2) is 0 Å². The molecule has 2 amide bonds. The van der Waals surface area contributed by atoms with Crippen LogP contribution in [0.15, 0.2) is 42.5 Å². The number of unbranched alkanes of at least 4 members (excludes halogenated alkanes) is 1. The average molecular weight is 368 g/mol. The minimum absolute atomic E-state index is 0.192. The van der Waals surface area contributed by atoms with E-state index >= 15 is 0 Å². The molecule has 0 spiro atoms. The molecule has 0 saturated carbocycles. The number of carbonyl (C=O) groups is 2. The summed E-state index contributed by atoms with van der Waals surface area (Å²) in [6.45, 7) is 8.34. The molecule has 0 bridgehead atoms. The van der Waals surface area contributed by atoms with Gasteiger partial charge in [0.25, 0.3) is 11.8 Å². The lowest BCUT2D eigenvalue weighted by molar-refractivity contribution is -0.122. The summed E-state index contributed by atoms with van der Waals surface area (Å²) in [7, 11) is 0. The van der Waals surface area contributed by atoms with Gasteiger partial charge in [-0.05, 0) is 56.5 Å². The quantitative estimate of drug-likeness (QED) is 0.685. The molecule has 0 fully saturated rings. The van der Waals surface area contributed by atoms with Crippen molar-refractivity contribution in [1.82, 2.24) is 5.32 Å². The Balaban J connectivity index is 2.06. The Bertz CT molecular complexity index is 802. The van der Waals surface area contributed by atoms with Crippen LogP contribution < -0.4 is 15.4 Å². The van der Waals surface area contributed by atoms with Gasteiger partial charge < -0.3 is 15.4 Å². The SMILES string of the molecule is CCCCNC(=O)c1ccccc1NC(=O)C(C)Oc1cccc(C)c1C. The summed E-state index contributed by atoms with van der Waals surface area (Å²) < 4.78 is 5.83. The number of hydrogen-bond acceptors (Lipinski definition) is 3. The van der Waals surface area contributed by atoms with Crippen molar-refractivity contribution >= 4 is 17.5 Å². The molecule has 27 heavy (non-hydrogen) atoms. The van der Waals surface area contributed by atoms with Gasteiger partial charge in [-0.15, -0.1) is 0 Å². The second-order valence-corrected chi connectivity index (χ2v) is 6.60. The van der Waals surface area contributed by atoms with Crippen molar-refractivity contribution in [2.45, 2.75) is 46.6 Å². The fourth-order valence-electron chi connectivity index (χ4n) is 2.59. The fourth-order valence-corrected chi connectivity index (χ4v) is 2.59. The highest BCUT2D eigenvalue weighted by molar-refractivity contribution is 6.04. The summed E-state index contributed by atoms with van der Waals surface area (Å²) in [5.41, 5.74) is 3.04. The number of hydrogen-bond donors (Lipinski definition) is 2. The number of aryl methyl sites for hydroxylation is 1. The van der Waals surface area contributed by atoms with E-state index in [-0.39, 0.29) is 11.8 Å². The molecular weight excluding hydrogens is 340 g/mol. The van der Waals surface area contributed by atoms with Crippen LogP contribution >= 0.6 is 0 Å². The van der Waals surface area contributed by atoms with Gasteiger partial charge in [-0.3, -0.25) is 9.59 Å². The fraction of sp³-hybridized carbons (Fsp3) is 0.364. The second-order valence-electron chi connectivity index (χ2n) is 6.60. The highest BCUT2D eigenvalue weighted by atomic mass is 16.5. The number of anilines is 1. The molecule has 1 unspecified atom stereocenters. The summed E-state index contributed by atoms with van der Waals surface area (Å²) in [5, 5.41) is 5.69. The van der Waals surface area contributed by atoms with Gasteiger partial charge in [-0.2, -0.15) is 0 Å². The molecule has 2 aromatic rings. The van der Waals surface area contributed by atoms with E-state index in [4.69, 9.17) is 4.74 Å². The molecule has 2 aromatic carbocycles. The van der Waals surface area contributed by atoms with E-state index in [1.807, 2.05) is 32.0 Å². The van der Waals surface area contributed by atoms with Crippen LogP contribution in [-0.4, -0.2) is 24.5 Å². The van der Waals surface area contributed by atoms with Gasteiger partial charge in [0, 0.05) is 6.54 Å². The zero-order valence-electron chi connectivity index (χ0n) is 16.5. The van der Waals surface area contributed by atoms with Crippen LogP contribution in [0.2, 0.25) is 0 Å². The van der Waals surface area contributed by atoms with E-state index in [1.165, 1.54) is 0 Å². The van der Waals surface area contributed by atoms with Gasteiger partial charge in [0.05, 0.1) is 11.3 Å². The van der Waals surface area contributed by atoms with E-state index in [0.717, 1.165) is 24.0 Å². The molecule has 2 rings (SSSR count). The first-order chi connectivity index (χ1) is 12.9. The highest BCUT2D eigenvalue weighted by Gasteiger charge is 2.19. The van der Waals surface area contributed by atoms with E-state index in [2.05, 4.69) is 17.6 Å². The lowest BCUT2D eigenvalue weighted by atomic mass is 10.1. The summed E-state index contributed by atoms with van der Waals surface area (Å²) in [4.78, 5) is 25.0. The minimum atomic E-state index is -0.693. The molecule has 1 atom stereocenters. The van der Waals surface area contributed by atoms with E-state index in [0.29, 0.717) is 23.5 Å². The van der Waals surface area contributed by atoms with Gasteiger partial charge in [0.1, 0.15) is 5.75 Å². The second kappa shape index (κ2) is 9.76. The third-order valence-electron chi connectivity index (χ3n) is 4.47. The Morgan fingerprint density at radius 2 is 1.81 bits per heavy atom. The van der Waals surface area contributed by atoms with Crippen molar-refractivity contribution in [2.24, 2.45) is 0 Å². The average Bonchev–Trinajstić information content (AvgIpc) is 2.66. The predicted octanol–water partition coefficient (Wildman–Crippen LogP) is 4.24. The van der Waals surface area contributed by atoms with Crippen molar-refractivity contribution in [1.29, 1.82) is 0 Å². The Morgan fingerprint density at radius 3 is 2.56 bits per heavy atom. The lowest BCUT2D eigenvalue weighted by Gasteiger charge is -2.18. The first-order valence-corrected chi connectivity index (χ1v) is 9.35. The van der Waals surface area contributed by atoms with Gasteiger partial charge >= 0.3 is 0 Å². The van der Waals surface area contributed by atoms with Crippen LogP contribution in [0.25, 0.3) is 0 Å². The summed E-state index contributed by atoms with van der Waals surface area (Å²) >= 11 is 0. The molecule has 0 aliphatic heterocycles. The van der Waals surface area contributed by atoms with Crippen LogP contribution in [0.5, 0.6) is 5.75 Å². The molecule has 0 radical (unpaired) electrons. The zero-order valence-corrected chi connectivity index (χ0v) is 16.5. The normalized spacial score (nSPS) is 11.6. The maximum Gasteiger partial charge on any atom is 0.265 e. The molecule has 0 saturated heterocycles. The zero-order chi connectivity index (χ0) is 19.8. The maximum absolute atomic E-state index is 12.6. The molecule has 0 aliphatic rings. The molecular formula is C22H28N2O3. The van der Waals surface area contributed by atoms with E-state index in [9.17, 15) is 9.59 Å². The summed E-state index contributed by atoms with van der Waals surface area (Å²) in [6.07, 6.45) is 1.23. The van der Waals surface area contributed by atoms with Crippen molar-refractivity contribution in [3.8, 4) is 5.75 Å². The molecule has 0 aromatic heterocycles. The number of rotatable bonds is 8. The van der Waals surface area contributed by atoms with Crippen LogP contribution in [0.1, 0.15) is 48.2 Å². The highest BCUT2D eigenvalue weighted by Crippen LogP contribution is 2.22. The molecule has 5 heteroatoms. The Labute approximate surface area is 161 Å². The third-order valence-corrected chi connectivity index (χ3v) is 4.47. The molecule has 5 nitrogen and oxygen atoms in total. The number of benzene rings is 2. The Hall–Kier alpha value is -2.82. The van der Waals surface area contributed by atoms with Crippen LogP contribution in [0.3, 0.4) is 0 Å². The van der Waals surface area contributed by atoms with E-state index in [1.54, 1.807) is 31.2 Å². The van der Waals surface area contributed by atoms with Gasteiger partial charge in [0.2, 0.25) is 0 Å².